The maximum absolute atomic E-state index is 13.8. The zero-order valence-corrected chi connectivity index (χ0v) is 20.3. The Bertz CT molecular complexity index is 1260. The summed E-state index contributed by atoms with van der Waals surface area (Å²) in [5, 5.41) is 11.4. The first kappa shape index (κ1) is 24.2. The summed E-state index contributed by atoms with van der Waals surface area (Å²) in [4.78, 5) is 28.9. The molecular formula is C27H31N5O3. The Morgan fingerprint density at radius 2 is 1.83 bits per heavy atom. The van der Waals surface area contributed by atoms with Crippen LogP contribution in [-0.4, -0.2) is 38.3 Å². The van der Waals surface area contributed by atoms with E-state index in [0.29, 0.717) is 23.7 Å². The molecule has 2 aromatic heterocycles. The van der Waals surface area contributed by atoms with Gasteiger partial charge in [0, 0.05) is 6.54 Å². The summed E-state index contributed by atoms with van der Waals surface area (Å²) in [6, 6.07) is 17.9. The molecule has 0 saturated carbocycles. The monoisotopic (exact) mass is 473 g/mol. The highest BCUT2D eigenvalue weighted by Crippen LogP contribution is 2.25. The third-order valence-corrected chi connectivity index (χ3v) is 5.91. The summed E-state index contributed by atoms with van der Waals surface area (Å²) in [7, 11) is 0. The zero-order chi connectivity index (χ0) is 24.8. The first-order valence-corrected chi connectivity index (χ1v) is 11.9. The molecule has 1 atom stereocenters. The second kappa shape index (κ2) is 11.0. The number of para-hydroxylation sites is 1. The van der Waals surface area contributed by atoms with Gasteiger partial charge in [0.05, 0.1) is 18.3 Å². The molecule has 2 amide bonds. The number of carbonyl (C=O) groups is 2. The Balaban J connectivity index is 1.68. The minimum atomic E-state index is -0.824. The van der Waals surface area contributed by atoms with E-state index in [9.17, 15) is 9.59 Å². The number of amides is 2. The van der Waals surface area contributed by atoms with E-state index in [4.69, 9.17) is 4.42 Å². The van der Waals surface area contributed by atoms with Gasteiger partial charge in [-0.1, -0.05) is 61.0 Å². The molecule has 182 valence electrons. The number of fused-ring (bicyclic) bond motifs is 1. The summed E-state index contributed by atoms with van der Waals surface area (Å²) in [6.45, 7) is 6.84. The highest BCUT2D eigenvalue weighted by atomic mass is 16.3. The molecule has 0 spiro atoms. The van der Waals surface area contributed by atoms with Crippen molar-refractivity contribution in [3.05, 3.63) is 83.8 Å². The van der Waals surface area contributed by atoms with Crippen molar-refractivity contribution in [2.75, 3.05) is 6.54 Å². The standard InChI is InChI=1S/C27H31N5O3/c1-19(2)14-15-28-27(34)26(21-12-10-20(3)11-13-21)31(17-22-7-6-16-35-22)25(33)18-32-24-9-5-4-8-23(24)29-30-32/h4-13,16,19,26H,14-15,17-18H2,1-3H3,(H,28,34)/t26-/m1/s1. The molecule has 0 bridgehead atoms. The first-order chi connectivity index (χ1) is 16.9. The molecule has 4 rings (SSSR count). The Labute approximate surface area is 204 Å². The maximum atomic E-state index is 13.8. The fourth-order valence-corrected chi connectivity index (χ4v) is 3.95. The quantitative estimate of drug-likeness (QED) is 0.371. The number of nitrogens with one attached hydrogen (secondary N) is 1. The van der Waals surface area contributed by atoms with E-state index in [1.165, 1.54) is 0 Å². The van der Waals surface area contributed by atoms with E-state index in [-0.39, 0.29) is 24.9 Å². The number of benzene rings is 2. The van der Waals surface area contributed by atoms with Crippen LogP contribution >= 0.6 is 0 Å². The van der Waals surface area contributed by atoms with E-state index in [2.05, 4.69) is 29.5 Å². The topological polar surface area (TPSA) is 93.3 Å². The van der Waals surface area contributed by atoms with Gasteiger partial charge in [-0.3, -0.25) is 9.59 Å². The largest absolute Gasteiger partial charge is 0.467 e. The summed E-state index contributed by atoms with van der Waals surface area (Å²) >= 11 is 0. The van der Waals surface area contributed by atoms with E-state index in [1.54, 1.807) is 28.0 Å². The molecule has 1 N–H and O–H groups in total. The Morgan fingerprint density at radius 3 is 2.54 bits per heavy atom. The lowest BCUT2D eigenvalue weighted by molar-refractivity contribution is -0.142. The Kier molecular flexibility index (Phi) is 7.60. The number of hydrogen-bond acceptors (Lipinski definition) is 5. The van der Waals surface area contributed by atoms with Crippen molar-refractivity contribution >= 4 is 22.8 Å². The van der Waals surface area contributed by atoms with Crippen molar-refractivity contribution in [2.24, 2.45) is 5.92 Å². The average molecular weight is 474 g/mol. The predicted molar refractivity (Wildman–Crippen MR) is 133 cm³/mol. The van der Waals surface area contributed by atoms with Crippen molar-refractivity contribution in [1.29, 1.82) is 0 Å². The number of rotatable bonds is 10. The molecule has 0 radical (unpaired) electrons. The predicted octanol–water partition coefficient (Wildman–Crippen LogP) is 4.27. The molecule has 8 nitrogen and oxygen atoms in total. The van der Waals surface area contributed by atoms with Crippen LogP contribution in [0, 0.1) is 12.8 Å². The van der Waals surface area contributed by atoms with Crippen LogP contribution in [0.1, 0.15) is 43.2 Å². The van der Waals surface area contributed by atoms with Crippen molar-refractivity contribution in [1.82, 2.24) is 25.2 Å². The number of carbonyl (C=O) groups excluding carboxylic acids is 2. The minimum absolute atomic E-state index is 0.0527. The van der Waals surface area contributed by atoms with Crippen molar-refractivity contribution < 1.29 is 14.0 Å². The number of furan rings is 1. The molecule has 2 heterocycles. The lowest BCUT2D eigenvalue weighted by Crippen LogP contribution is -2.45. The summed E-state index contributed by atoms with van der Waals surface area (Å²) in [5.41, 5.74) is 3.28. The molecule has 8 heteroatoms. The van der Waals surface area contributed by atoms with Crippen LogP contribution in [0.2, 0.25) is 0 Å². The van der Waals surface area contributed by atoms with Gasteiger partial charge < -0.3 is 14.6 Å². The van der Waals surface area contributed by atoms with Gasteiger partial charge in [-0.2, -0.15) is 0 Å². The Hall–Kier alpha value is -3.94. The normalized spacial score (nSPS) is 12.1. The van der Waals surface area contributed by atoms with Crippen LogP contribution in [0.3, 0.4) is 0 Å². The third kappa shape index (κ3) is 5.95. The lowest BCUT2D eigenvalue weighted by atomic mass is 10.0. The van der Waals surface area contributed by atoms with E-state index >= 15 is 0 Å². The molecule has 35 heavy (non-hydrogen) atoms. The number of nitrogens with zero attached hydrogens (tertiary/aromatic N) is 4. The van der Waals surface area contributed by atoms with Gasteiger partial charge in [0.2, 0.25) is 11.8 Å². The van der Waals surface area contributed by atoms with Crippen LogP contribution in [0.15, 0.2) is 71.3 Å². The van der Waals surface area contributed by atoms with Crippen molar-refractivity contribution in [3.63, 3.8) is 0 Å². The SMILES string of the molecule is Cc1ccc([C@H](C(=O)NCCC(C)C)N(Cc2ccco2)C(=O)Cn2nnc3ccccc32)cc1. The van der Waals surface area contributed by atoms with Gasteiger partial charge in [0.25, 0.3) is 0 Å². The molecular weight excluding hydrogens is 442 g/mol. The molecule has 0 unspecified atom stereocenters. The van der Waals surface area contributed by atoms with Crippen LogP contribution in [-0.2, 0) is 22.7 Å². The van der Waals surface area contributed by atoms with Gasteiger partial charge in [-0.25, -0.2) is 4.68 Å². The Morgan fingerprint density at radius 1 is 1.06 bits per heavy atom. The fraction of sp³-hybridized carbons (Fsp3) is 0.333. The molecule has 4 aromatic rings. The van der Waals surface area contributed by atoms with Gasteiger partial charge in [0.15, 0.2) is 0 Å². The van der Waals surface area contributed by atoms with E-state index in [0.717, 1.165) is 23.1 Å². The minimum Gasteiger partial charge on any atom is -0.467 e. The second-order valence-electron chi connectivity index (χ2n) is 9.12. The van der Waals surface area contributed by atoms with Crippen LogP contribution in [0.5, 0.6) is 0 Å². The number of hydrogen-bond donors (Lipinski definition) is 1. The second-order valence-corrected chi connectivity index (χ2v) is 9.12. The maximum Gasteiger partial charge on any atom is 0.247 e. The molecule has 2 aromatic carbocycles. The summed E-state index contributed by atoms with van der Waals surface area (Å²) < 4.78 is 7.12. The molecule has 0 saturated heterocycles. The molecule has 0 fully saturated rings. The van der Waals surface area contributed by atoms with Crippen LogP contribution < -0.4 is 5.32 Å². The van der Waals surface area contributed by atoms with Gasteiger partial charge >= 0.3 is 0 Å². The molecule has 0 aliphatic rings. The van der Waals surface area contributed by atoms with Crippen molar-refractivity contribution in [2.45, 2.75) is 46.3 Å². The smallest absolute Gasteiger partial charge is 0.247 e. The van der Waals surface area contributed by atoms with E-state index < -0.39 is 6.04 Å². The van der Waals surface area contributed by atoms with E-state index in [1.807, 2.05) is 55.5 Å². The highest BCUT2D eigenvalue weighted by Gasteiger charge is 2.32. The number of aromatic nitrogens is 3. The fourth-order valence-electron chi connectivity index (χ4n) is 3.95. The molecule has 0 aliphatic heterocycles. The van der Waals surface area contributed by atoms with Gasteiger partial charge in [0.1, 0.15) is 23.9 Å². The highest BCUT2D eigenvalue weighted by molar-refractivity contribution is 5.89. The van der Waals surface area contributed by atoms with Crippen LogP contribution in [0.25, 0.3) is 11.0 Å². The zero-order valence-electron chi connectivity index (χ0n) is 20.3. The lowest BCUT2D eigenvalue weighted by Gasteiger charge is -2.31. The number of aryl methyl sites for hydroxylation is 1. The van der Waals surface area contributed by atoms with Gasteiger partial charge in [-0.15, -0.1) is 5.10 Å². The summed E-state index contributed by atoms with van der Waals surface area (Å²) in [6.07, 6.45) is 2.41. The average Bonchev–Trinajstić information content (AvgIpc) is 3.50. The van der Waals surface area contributed by atoms with Crippen LogP contribution in [0.4, 0.5) is 0 Å². The molecule has 0 aliphatic carbocycles. The third-order valence-electron chi connectivity index (χ3n) is 5.91. The van der Waals surface area contributed by atoms with Crippen molar-refractivity contribution in [3.8, 4) is 0 Å². The summed E-state index contributed by atoms with van der Waals surface area (Å²) in [5.74, 6) is 0.558. The first-order valence-electron chi connectivity index (χ1n) is 11.9. The van der Waals surface area contributed by atoms with Gasteiger partial charge in [-0.05, 0) is 49.1 Å².